The van der Waals surface area contributed by atoms with Crippen LogP contribution in [0.5, 0.6) is 5.75 Å². The van der Waals surface area contributed by atoms with Crippen molar-refractivity contribution in [2.45, 2.75) is 13.8 Å². The standard InChI is InChI=1S/C23H18ClN3O2/c1-13-6-7-20-18(8-13)19(11-22(26-20)15-4-3-5-17(28)9-15)23(29)27-21-10-16(24)12-25-14(21)2/h3-12,28H,1-2H3,(H,27,29). The highest BCUT2D eigenvalue weighted by Crippen LogP contribution is 2.28. The minimum Gasteiger partial charge on any atom is -0.508 e. The molecule has 4 aromatic rings. The molecule has 2 aromatic carbocycles. The maximum Gasteiger partial charge on any atom is 0.256 e. The number of rotatable bonds is 3. The van der Waals surface area contributed by atoms with Crippen molar-refractivity contribution in [1.29, 1.82) is 0 Å². The average Bonchev–Trinajstić information content (AvgIpc) is 2.70. The Morgan fingerprint density at radius 1 is 1.07 bits per heavy atom. The Kier molecular flexibility index (Phi) is 4.91. The van der Waals surface area contributed by atoms with Crippen LogP contribution in [0.25, 0.3) is 22.2 Å². The molecule has 0 fully saturated rings. The molecule has 144 valence electrons. The summed E-state index contributed by atoms with van der Waals surface area (Å²) in [5.74, 6) is -0.142. The highest BCUT2D eigenvalue weighted by atomic mass is 35.5. The Balaban J connectivity index is 1.86. The number of fused-ring (bicyclic) bond motifs is 1. The minimum absolute atomic E-state index is 0.139. The van der Waals surface area contributed by atoms with Gasteiger partial charge in [-0.25, -0.2) is 4.98 Å². The van der Waals surface area contributed by atoms with E-state index in [1.54, 1.807) is 37.3 Å². The molecule has 0 aliphatic heterocycles. The van der Waals surface area contributed by atoms with Gasteiger partial charge in [-0.15, -0.1) is 0 Å². The minimum atomic E-state index is -0.281. The Bertz CT molecular complexity index is 1250. The monoisotopic (exact) mass is 403 g/mol. The van der Waals surface area contributed by atoms with Crippen molar-refractivity contribution in [1.82, 2.24) is 9.97 Å². The van der Waals surface area contributed by atoms with Crippen molar-refractivity contribution in [3.05, 3.63) is 82.6 Å². The third-order valence-electron chi connectivity index (χ3n) is 4.65. The summed E-state index contributed by atoms with van der Waals surface area (Å²) in [6.07, 6.45) is 1.54. The molecule has 2 N–H and O–H groups in total. The van der Waals surface area contributed by atoms with Crippen LogP contribution in [0.1, 0.15) is 21.6 Å². The molecule has 5 nitrogen and oxygen atoms in total. The predicted molar refractivity (Wildman–Crippen MR) is 116 cm³/mol. The quantitative estimate of drug-likeness (QED) is 0.472. The van der Waals surface area contributed by atoms with Gasteiger partial charge >= 0.3 is 0 Å². The molecule has 2 heterocycles. The van der Waals surface area contributed by atoms with E-state index in [4.69, 9.17) is 11.6 Å². The van der Waals surface area contributed by atoms with Crippen molar-refractivity contribution in [3.8, 4) is 17.0 Å². The van der Waals surface area contributed by atoms with Crippen LogP contribution in [0.15, 0.2) is 60.8 Å². The number of hydrogen-bond acceptors (Lipinski definition) is 4. The molecule has 6 heteroatoms. The summed E-state index contributed by atoms with van der Waals surface area (Å²) < 4.78 is 0. The molecule has 0 aliphatic carbocycles. The second kappa shape index (κ2) is 7.53. The van der Waals surface area contributed by atoms with Gasteiger partial charge in [-0.1, -0.05) is 35.4 Å². The van der Waals surface area contributed by atoms with Crippen LogP contribution < -0.4 is 5.32 Å². The smallest absolute Gasteiger partial charge is 0.256 e. The van der Waals surface area contributed by atoms with Gasteiger partial charge in [0, 0.05) is 17.1 Å². The van der Waals surface area contributed by atoms with E-state index in [-0.39, 0.29) is 11.7 Å². The largest absolute Gasteiger partial charge is 0.508 e. The SMILES string of the molecule is Cc1ccc2nc(-c3cccc(O)c3)cc(C(=O)Nc3cc(Cl)cnc3C)c2c1. The summed E-state index contributed by atoms with van der Waals surface area (Å²) in [5, 5.41) is 13.9. The van der Waals surface area contributed by atoms with Crippen molar-refractivity contribution in [2.75, 3.05) is 5.32 Å². The molecule has 0 saturated heterocycles. The van der Waals surface area contributed by atoms with Gasteiger partial charge in [0.05, 0.1) is 33.2 Å². The number of hydrogen-bond donors (Lipinski definition) is 2. The molecule has 0 aliphatic rings. The lowest BCUT2D eigenvalue weighted by Crippen LogP contribution is -2.14. The molecule has 0 radical (unpaired) electrons. The molecule has 2 aromatic heterocycles. The third-order valence-corrected chi connectivity index (χ3v) is 4.86. The fourth-order valence-corrected chi connectivity index (χ4v) is 3.32. The van der Waals surface area contributed by atoms with E-state index in [1.807, 2.05) is 31.2 Å². The van der Waals surface area contributed by atoms with Crippen LogP contribution in [-0.4, -0.2) is 21.0 Å². The van der Waals surface area contributed by atoms with E-state index in [0.29, 0.717) is 33.2 Å². The molecule has 0 saturated carbocycles. The van der Waals surface area contributed by atoms with Gasteiger partial charge in [-0.2, -0.15) is 0 Å². The van der Waals surface area contributed by atoms with Gasteiger partial charge in [0.15, 0.2) is 0 Å². The number of amides is 1. The van der Waals surface area contributed by atoms with E-state index in [9.17, 15) is 9.90 Å². The Morgan fingerprint density at radius 3 is 2.69 bits per heavy atom. The zero-order chi connectivity index (χ0) is 20.5. The predicted octanol–water partition coefficient (Wildman–Crippen LogP) is 5.52. The molecular formula is C23H18ClN3O2. The summed E-state index contributed by atoms with van der Waals surface area (Å²) in [7, 11) is 0. The van der Waals surface area contributed by atoms with Crippen LogP contribution in [0.3, 0.4) is 0 Å². The number of benzene rings is 2. The molecule has 29 heavy (non-hydrogen) atoms. The topological polar surface area (TPSA) is 75.1 Å². The lowest BCUT2D eigenvalue weighted by molar-refractivity contribution is 0.102. The lowest BCUT2D eigenvalue weighted by atomic mass is 10.0. The second-order valence-corrected chi connectivity index (χ2v) is 7.30. The van der Waals surface area contributed by atoms with Crippen LogP contribution in [0.4, 0.5) is 5.69 Å². The Hall–Kier alpha value is -3.44. The van der Waals surface area contributed by atoms with Gasteiger partial charge in [0.25, 0.3) is 5.91 Å². The molecule has 0 atom stereocenters. The number of aryl methyl sites for hydroxylation is 2. The number of phenols is 1. The number of aromatic hydroxyl groups is 1. The Labute approximate surface area is 173 Å². The number of aromatic nitrogens is 2. The number of phenolic OH excluding ortho intramolecular Hbond substituents is 1. The van der Waals surface area contributed by atoms with E-state index in [0.717, 1.165) is 16.5 Å². The molecule has 1 amide bonds. The number of nitrogens with one attached hydrogen (secondary N) is 1. The fourth-order valence-electron chi connectivity index (χ4n) is 3.16. The van der Waals surface area contributed by atoms with Crippen molar-refractivity contribution >= 4 is 34.1 Å². The van der Waals surface area contributed by atoms with E-state index in [2.05, 4.69) is 15.3 Å². The van der Waals surface area contributed by atoms with E-state index < -0.39 is 0 Å². The first-order chi connectivity index (χ1) is 13.9. The van der Waals surface area contributed by atoms with Gasteiger partial charge in [0.2, 0.25) is 0 Å². The summed E-state index contributed by atoms with van der Waals surface area (Å²) in [4.78, 5) is 22.1. The van der Waals surface area contributed by atoms with E-state index in [1.165, 1.54) is 6.20 Å². The fraction of sp³-hybridized carbons (Fsp3) is 0.0870. The summed E-state index contributed by atoms with van der Waals surface area (Å²) in [6.45, 7) is 3.77. The number of anilines is 1. The molecule has 0 bridgehead atoms. The summed E-state index contributed by atoms with van der Waals surface area (Å²) >= 11 is 6.03. The zero-order valence-corrected chi connectivity index (χ0v) is 16.7. The van der Waals surface area contributed by atoms with Crippen molar-refractivity contribution in [2.24, 2.45) is 0 Å². The van der Waals surface area contributed by atoms with Gasteiger partial charge < -0.3 is 10.4 Å². The third kappa shape index (κ3) is 3.91. The maximum atomic E-state index is 13.2. The summed E-state index contributed by atoms with van der Waals surface area (Å²) in [6, 6.07) is 16.0. The van der Waals surface area contributed by atoms with Gasteiger partial charge in [0.1, 0.15) is 5.75 Å². The average molecular weight is 404 g/mol. The second-order valence-electron chi connectivity index (χ2n) is 6.87. The highest BCUT2D eigenvalue weighted by molar-refractivity contribution is 6.30. The van der Waals surface area contributed by atoms with Gasteiger partial charge in [-0.05, 0) is 50.2 Å². The van der Waals surface area contributed by atoms with Crippen LogP contribution in [0, 0.1) is 13.8 Å². The Morgan fingerprint density at radius 2 is 1.90 bits per heavy atom. The molecule has 4 rings (SSSR count). The number of carbonyl (C=O) groups excluding carboxylic acids is 1. The lowest BCUT2D eigenvalue weighted by Gasteiger charge is -2.12. The van der Waals surface area contributed by atoms with Crippen molar-refractivity contribution in [3.63, 3.8) is 0 Å². The van der Waals surface area contributed by atoms with E-state index >= 15 is 0 Å². The number of carbonyl (C=O) groups is 1. The van der Waals surface area contributed by atoms with Crippen LogP contribution in [-0.2, 0) is 0 Å². The highest BCUT2D eigenvalue weighted by Gasteiger charge is 2.16. The van der Waals surface area contributed by atoms with Crippen LogP contribution in [0.2, 0.25) is 5.02 Å². The normalized spacial score (nSPS) is 10.9. The van der Waals surface area contributed by atoms with Gasteiger partial charge in [-0.3, -0.25) is 9.78 Å². The first-order valence-electron chi connectivity index (χ1n) is 9.05. The van der Waals surface area contributed by atoms with Crippen molar-refractivity contribution < 1.29 is 9.90 Å². The first kappa shape index (κ1) is 18.9. The van der Waals surface area contributed by atoms with Crippen LogP contribution >= 0.6 is 11.6 Å². The maximum absolute atomic E-state index is 13.2. The summed E-state index contributed by atoms with van der Waals surface area (Å²) in [5.41, 5.74) is 4.76. The number of halogens is 1. The zero-order valence-electron chi connectivity index (χ0n) is 15.9. The number of nitrogens with zero attached hydrogens (tertiary/aromatic N) is 2. The molecule has 0 spiro atoms. The number of pyridine rings is 2. The molecule has 0 unspecified atom stereocenters. The molecular weight excluding hydrogens is 386 g/mol. The first-order valence-corrected chi connectivity index (χ1v) is 9.43.